The number of nitrogens with zero attached hydrogens (tertiary/aromatic N) is 3. The molecular weight excluding hydrogens is 553 g/mol. The summed E-state index contributed by atoms with van der Waals surface area (Å²) in [4.78, 5) is 23.1. The van der Waals surface area contributed by atoms with E-state index in [4.69, 9.17) is 23.0 Å². The lowest BCUT2D eigenvalue weighted by molar-refractivity contribution is 0.275. The highest BCUT2D eigenvalue weighted by molar-refractivity contribution is 7.56. The Hall–Kier alpha value is -4.77. The Morgan fingerprint density at radius 1 is 1.05 bits per heavy atom. The van der Waals surface area contributed by atoms with E-state index in [1.165, 1.54) is 18.0 Å². The van der Waals surface area contributed by atoms with Crippen LogP contribution in [-0.4, -0.2) is 36.8 Å². The molecule has 0 bridgehead atoms. The van der Waals surface area contributed by atoms with E-state index in [1.807, 2.05) is 18.2 Å². The standard InChI is InChI=1S/C28H26N3O9P/c1-18-22(29-28(40-18)24-9-6-12-37-24)17-38-23-11-10-19(13-25(23)36-2)16-39-27-20(14-26(32)41(33,34)35)15-31(30-27)21-7-4-3-5-8-21/h3-15,32H,16-17H2,1-2H3,(H2,33,34,35). The molecule has 3 N–H and O–H groups in total. The molecule has 212 valence electrons. The van der Waals surface area contributed by atoms with Crippen LogP contribution < -0.4 is 14.2 Å². The second-order valence-electron chi connectivity index (χ2n) is 8.78. The molecule has 13 heteroatoms. The topological polar surface area (TPSA) is 162 Å². The number of ether oxygens (including phenoxy) is 3. The number of aliphatic hydroxyl groups excluding tert-OH is 1. The Labute approximate surface area is 234 Å². The van der Waals surface area contributed by atoms with Gasteiger partial charge in [-0.1, -0.05) is 24.3 Å². The van der Waals surface area contributed by atoms with Gasteiger partial charge in [-0.05, 0) is 48.9 Å². The van der Waals surface area contributed by atoms with Crippen molar-refractivity contribution < 1.29 is 42.5 Å². The number of aliphatic hydroxyl groups is 1. The lowest BCUT2D eigenvalue weighted by atomic mass is 10.2. The number of furan rings is 1. The third kappa shape index (κ3) is 6.52. The maximum Gasteiger partial charge on any atom is 0.390 e. The first-order valence-electron chi connectivity index (χ1n) is 12.3. The van der Waals surface area contributed by atoms with E-state index in [1.54, 1.807) is 55.7 Å². The molecule has 0 saturated carbocycles. The number of aryl methyl sites for hydroxylation is 1. The fourth-order valence-corrected chi connectivity index (χ4v) is 4.11. The van der Waals surface area contributed by atoms with E-state index >= 15 is 0 Å². The van der Waals surface area contributed by atoms with Crippen molar-refractivity contribution in [1.29, 1.82) is 0 Å². The molecule has 12 nitrogen and oxygen atoms in total. The lowest BCUT2D eigenvalue weighted by Gasteiger charge is -2.12. The van der Waals surface area contributed by atoms with Gasteiger partial charge in [0.15, 0.2) is 17.3 Å². The van der Waals surface area contributed by atoms with Crippen molar-refractivity contribution in [3.63, 3.8) is 0 Å². The largest absolute Gasteiger partial charge is 0.501 e. The summed E-state index contributed by atoms with van der Waals surface area (Å²) < 4.78 is 41.3. The van der Waals surface area contributed by atoms with Crippen LogP contribution in [0.1, 0.15) is 22.6 Å². The van der Waals surface area contributed by atoms with E-state index in [9.17, 15) is 19.5 Å². The normalized spacial score (nSPS) is 12.0. The maximum atomic E-state index is 11.5. The van der Waals surface area contributed by atoms with Gasteiger partial charge < -0.3 is 37.9 Å². The van der Waals surface area contributed by atoms with Gasteiger partial charge in [-0.3, -0.25) is 4.57 Å². The minimum Gasteiger partial charge on any atom is -0.501 e. The SMILES string of the molecule is COc1cc(COc2nn(-c3ccccc3)cc2C=C(O)P(=O)(O)O)ccc1OCc1nc(-c2ccco2)oc1C. The van der Waals surface area contributed by atoms with Crippen LogP contribution in [0, 0.1) is 6.92 Å². The van der Waals surface area contributed by atoms with Crippen LogP contribution in [0.15, 0.2) is 87.5 Å². The van der Waals surface area contributed by atoms with Crippen LogP contribution in [0.3, 0.4) is 0 Å². The molecule has 2 aromatic carbocycles. The molecule has 0 amide bonds. The van der Waals surface area contributed by atoms with Crippen molar-refractivity contribution in [2.24, 2.45) is 0 Å². The third-order valence-corrected chi connectivity index (χ3v) is 6.63. The highest BCUT2D eigenvalue weighted by atomic mass is 31.2. The van der Waals surface area contributed by atoms with Gasteiger partial charge >= 0.3 is 7.60 Å². The van der Waals surface area contributed by atoms with Gasteiger partial charge in [0.1, 0.15) is 24.7 Å². The molecular formula is C28H26N3O9P. The minimum absolute atomic E-state index is 0.0366. The molecule has 5 aromatic rings. The fourth-order valence-electron chi connectivity index (χ4n) is 3.81. The molecule has 0 aliphatic heterocycles. The van der Waals surface area contributed by atoms with Crippen LogP contribution in [-0.2, 0) is 17.8 Å². The minimum atomic E-state index is -4.86. The smallest absolute Gasteiger partial charge is 0.390 e. The number of oxazole rings is 1. The summed E-state index contributed by atoms with van der Waals surface area (Å²) in [5, 5.41) is 14.3. The highest BCUT2D eigenvalue weighted by Crippen LogP contribution is 2.44. The summed E-state index contributed by atoms with van der Waals surface area (Å²) >= 11 is 0. The molecule has 3 heterocycles. The van der Waals surface area contributed by atoms with Crippen LogP contribution in [0.2, 0.25) is 0 Å². The molecule has 0 atom stereocenters. The Morgan fingerprint density at radius 3 is 2.56 bits per heavy atom. The summed E-state index contributed by atoms with van der Waals surface area (Å²) in [7, 11) is -3.35. The number of para-hydroxylation sites is 1. The molecule has 0 spiro atoms. The number of aromatic nitrogens is 3. The van der Waals surface area contributed by atoms with Gasteiger partial charge in [0.05, 0.1) is 24.6 Å². The van der Waals surface area contributed by atoms with E-state index in [-0.39, 0.29) is 24.7 Å². The summed E-state index contributed by atoms with van der Waals surface area (Å²) in [6, 6.07) is 17.8. The van der Waals surface area contributed by atoms with Crippen molar-refractivity contribution in [3.05, 3.63) is 101 Å². The monoisotopic (exact) mass is 579 g/mol. The fraction of sp³-hybridized carbons (Fsp3) is 0.143. The maximum absolute atomic E-state index is 11.5. The van der Waals surface area contributed by atoms with Crippen LogP contribution in [0.4, 0.5) is 0 Å². The van der Waals surface area contributed by atoms with Gasteiger partial charge in [-0.25, -0.2) is 9.67 Å². The summed E-state index contributed by atoms with van der Waals surface area (Å²) in [6.07, 6.45) is 3.97. The summed E-state index contributed by atoms with van der Waals surface area (Å²) in [6.45, 7) is 1.96. The van der Waals surface area contributed by atoms with Crippen molar-refractivity contribution in [1.82, 2.24) is 14.8 Å². The Balaban J connectivity index is 1.32. The van der Waals surface area contributed by atoms with Crippen LogP contribution in [0.25, 0.3) is 23.4 Å². The highest BCUT2D eigenvalue weighted by Gasteiger charge is 2.22. The molecule has 0 saturated heterocycles. The molecule has 0 radical (unpaired) electrons. The molecule has 0 unspecified atom stereocenters. The quantitative estimate of drug-likeness (QED) is 0.131. The molecule has 5 rings (SSSR count). The first kappa shape index (κ1) is 27.8. The zero-order valence-corrected chi connectivity index (χ0v) is 22.9. The molecule has 3 aromatic heterocycles. The second kappa shape index (κ2) is 11.8. The van der Waals surface area contributed by atoms with Crippen LogP contribution >= 0.6 is 7.60 Å². The van der Waals surface area contributed by atoms with Gasteiger partial charge in [-0.15, -0.1) is 5.10 Å². The van der Waals surface area contributed by atoms with Gasteiger partial charge in [0.2, 0.25) is 11.4 Å². The molecule has 0 aliphatic carbocycles. The predicted octanol–water partition coefficient (Wildman–Crippen LogP) is 5.63. The molecule has 41 heavy (non-hydrogen) atoms. The summed E-state index contributed by atoms with van der Waals surface area (Å²) in [5.41, 5.74) is 1.08. The molecule has 0 aliphatic rings. The van der Waals surface area contributed by atoms with Crippen molar-refractivity contribution in [3.8, 4) is 34.7 Å². The van der Waals surface area contributed by atoms with E-state index in [2.05, 4.69) is 10.1 Å². The van der Waals surface area contributed by atoms with Crippen molar-refractivity contribution in [2.75, 3.05) is 7.11 Å². The lowest BCUT2D eigenvalue weighted by Crippen LogP contribution is -2.02. The van der Waals surface area contributed by atoms with E-state index in [0.29, 0.717) is 45.9 Å². The summed E-state index contributed by atoms with van der Waals surface area (Å²) in [5.74, 6) is 2.47. The number of benzene rings is 2. The Bertz CT molecular complexity index is 1700. The van der Waals surface area contributed by atoms with Crippen molar-refractivity contribution in [2.45, 2.75) is 20.1 Å². The van der Waals surface area contributed by atoms with Crippen molar-refractivity contribution >= 4 is 13.7 Å². The first-order chi connectivity index (χ1) is 19.7. The average molecular weight is 580 g/mol. The van der Waals surface area contributed by atoms with Crippen LogP contribution in [0.5, 0.6) is 17.4 Å². The average Bonchev–Trinajstić information content (AvgIpc) is 3.71. The van der Waals surface area contributed by atoms with Gasteiger partial charge in [0, 0.05) is 12.3 Å². The van der Waals surface area contributed by atoms with E-state index < -0.39 is 13.1 Å². The zero-order valence-electron chi connectivity index (χ0n) is 22.0. The first-order valence-corrected chi connectivity index (χ1v) is 13.9. The Kier molecular flexibility index (Phi) is 7.97. The number of hydrogen-bond donors (Lipinski definition) is 3. The van der Waals surface area contributed by atoms with Gasteiger partial charge in [0.25, 0.3) is 5.89 Å². The van der Waals surface area contributed by atoms with E-state index in [0.717, 1.165) is 6.08 Å². The number of hydrogen-bond acceptors (Lipinski definition) is 9. The van der Waals surface area contributed by atoms with Gasteiger partial charge in [-0.2, -0.15) is 0 Å². The second-order valence-corrected chi connectivity index (χ2v) is 10.3. The Morgan fingerprint density at radius 2 is 1.85 bits per heavy atom. The third-order valence-electron chi connectivity index (χ3n) is 5.90. The number of methoxy groups -OCH3 is 1. The zero-order chi connectivity index (χ0) is 29.0. The molecule has 0 fully saturated rings. The predicted molar refractivity (Wildman–Crippen MR) is 147 cm³/mol. The number of rotatable bonds is 11.